The standard InChI is InChI=1S/C26H48N4O4/c1-7-8-12-30(25(32)27-11-13-29(19(2)3)20(4)5)24(31)22-16-21-17-26(33-14-15-34-26)10-9-23(21)28(6)18-22/h19-23H,7-18H2,1-6H3,(H,27,32)/t21-,22-,23-/m1/s1. The highest BCUT2D eigenvalue weighted by Gasteiger charge is 2.49. The van der Waals surface area contributed by atoms with Gasteiger partial charge >= 0.3 is 6.03 Å². The number of fused-ring (bicyclic) bond motifs is 1. The fourth-order valence-electron chi connectivity index (χ4n) is 6.27. The molecule has 0 aromatic carbocycles. The van der Waals surface area contributed by atoms with Crippen LogP contribution in [0, 0.1) is 11.8 Å². The van der Waals surface area contributed by atoms with Crippen LogP contribution in [0.15, 0.2) is 0 Å². The van der Waals surface area contributed by atoms with Crippen molar-refractivity contribution < 1.29 is 19.1 Å². The Hall–Kier alpha value is -1.22. The Balaban J connectivity index is 1.62. The molecule has 1 saturated carbocycles. The molecule has 0 unspecified atom stereocenters. The molecule has 3 atom stereocenters. The van der Waals surface area contributed by atoms with Crippen LogP contribution in [0.5, 0.6) is 0 Å². The number of rotatable bonds is 9. The third-order valence-electron chi connectivity index (χ3n) is 7.98. The monoisotopic (exact) mass is 480 g/mol. The van der Waals surface area contributed by atoms with Crippen LogP contribution in [0.2, 0.25) is 0 Å². The minimum absolute atomic E-state index is 0.0336. The number of imide groups is 1. The van der Waals surface area contributed by atoms with Crippen molar-refractivity contribution in [3.63, 3.8) is 0 Å². The van der Waals surface area contributed by atoms with Crippen LogP contribution >= 0.6 is 0 Å². The number of nitrogens with zero attached hydrogens (tertiary/aromatic N) is 3. The van der Waals surface area contributed by atoms with E-state index in [4.69, 9.17) is 9.47 Å². The molecule has 1 N–H and O–H groups in total. The van der Waals surface area contributed by atoms with Gasteiger partial charge in [-0.3, -0.25) is 14.6 Å². The molecular weight excluding hydrogens is 432 g/mol. The molecule has 2 heterocycles. The summed E-state index contributed by atoms with van der Waals surface area (Å²) < 4.78 is 12.0. The zero-order valence-electron chi connectivity index (χ0n) is 22.3. The van der Waals surface area contributed by atoms with E-state index in [-0.39, 0.29) is 17.9 Å². The topological polar surface area (TPSA) is 74.4 Å². The van der Waals surface area contributed by atoms with Gasteiger partial charge in [-0.2, -0.15) is 0 Å². The highest BCUT2D eigenvalue weighted by atomic mass is 16.7. The molecule has 34 heavy (non-hydrogen) atoms. The second-order valence-corrected chi connectivity index (χ2v) is 11.1. The second-order valence-electron chi connectivity index (χ2n) is 11.1. The summed E-state index contributed by atoms with van der Waals surface area (Å²) >= 11 is 0. The molecule has 196 valence electrons. The Labute approximate surface area is 206 Å². The molecule has 2 aliphatic heterocycles. The van der Waals surface area contributed by atoms with Crippen molar-refractivity contribution in [1.29, 1.82) is 0 Å². The molecule has 8 heteroatoms. The number of ether oxygens (including phenoxy) is 2. The first kappa shape index (κ1) is 27.4. The number of urea groups is 1. The van der Waals surface area contributed by atoms with Crippen molar-refractivity contribution >= 4 is 11.9 Å². The van der Waals surface area contributed by atoms with E-state index >= 15 is 0 Å². The van der Waals surface area contributed by atoms with Crippen LogP contribution in [0.25, 0.3) is 0 Å². The number of carbonyl (C=O) groups excluding carboxylic acids is 2. The molecule has 1 spiro atoms. The summed E-state index contributed by atoms with van der Waals surface area (Å²) in [6.45, 7) is 14.6. The van der Waals surface area contributed by atoms with Crippen molar-refractivity contribution in [3.8, 4) is 0 Å². The Morgan fingerprint density at radius 1 is 1.12 bits per heavy atom. The molecule has 8 nitrogen and oxygen atoms in total. The van der Waals surface area contributed by atoms with Gasteiger partial charge in [0.15, 0.2) is 5.79 Å². The molecule has 1 aliphatic carbocycles. The van der Waals surface area contributed by atoms with E-state index in [1.807, 2.05) is 0 Å². The predicted octanol–water partition coefficient (Wildman–Crippen LogP) is 3.31. The largest absolute Gasteiger partial charge is 0.348 e. The van der Waals surface area contributed by atoms with Crippen LogP contribution < -0.4 is 5.32 Å². The Kier molecular flexibility index (Phi) is 9.78. The molecule has 0 radical (unpaired) electrons. The number of amides is 3. The SMILES string of the molecule is CCCCN(C(=O)NCCN(C(C)C)C(C)C)C(=O)[C@@H]1C[C@@H]2CC3(CC[C@H]2N(C)C1)OCCO3. The van der Waals surface area contributed by atoms with Gasteiger partial charge in [0.2, 0.25) is 5.91 Å². The van der Waals surface area contributed by atoms with Crippen molar-refractivity contribution in [3.05, 3.63) is 0 Å². The van der Waals surface area contributed by atoms with E-state index in [1.54, 1.807) is 0 Å². The average Bonchev–Trinajstić information content (AvgIpc) is 3.23. The minimum Gasteiger partial charge on any atom is -0.348 e. The fraction of sp³-hybridized carbons (Fsp3) is 0.923. The van der Waals surface area contributed by atoms with Crippen molar-refractivity contribution in [1.82, 2.24) is 20.0 Å². The number of piperidine rings is 1. The Morgan fingerprint density at radius 2 is 1.79 bits per heavy atom. The Bertz CT molecular complexity index is 672. The van der Waals surface area contributed by atoms with Gasteiger partial charge in [0, 0.05) is 57.1 Å². The third kappa shape index (κ3) is 6.50. The molecule has 3 rings (SSSR count). The van der Waals surface area contributed by atoms with E-state index in [2.05, 4.69) is 56.8 Å². The summed E-state index contributed by atoms with van der Waals surface area (Å²) in [7, 11) is 2.12. The van der Waals surface area contributed by atoms with Crippen LogP contribution in [-0.2, 0) is 14.3 Å². The maximum atomic E-state index is 13.7. The van der Waals surface area contributed by atoms with Gasteiger partial charge < -0.3 is 19.7 Å². The normalized spacial score (nSPS) is 26.9. The smallest absolute Gasteiger partial charge is 0.324 e. The van der Waals surface area contributed by atoms with Crippen molar-refractivity contribution in [2.45, 2.75) is 97.1 Å². The minimum atomic E-state index is -0.453. The maximum absolute atomic E-state index is 13.7. The molecule has 0 aromatic heterocycles. The fourth-order valence-corrected chi connectivity index (χ4v) is 6.27. The lowest BCUT2D eigenvalue weighted by molar-refractivity contribution is -0.202. The average molecular weight is 481 g/mol. The Morgan fingerprint density at radius 3 is 2.41 bits per heavy atom. The van der Waals surface area contributed by atoms with E-state index in [0.717, 1.165) is 45.1 Å². The van der Waals surface area contributed by atoms with Gasteiger partial charge in [-0.1, -0.05) is 13.3 Å². The molecule has 3 fully saturated rings. The molecule has 0 aromatic rings. The summed E-state index contributed by atoms with van der Waals surface area (Å²) in [5, 5.41) is 3.03. The van der Waals surface area contributed by atoms with Gasteiger partial charge in [0.1, 0.15) is 0 Å². The highest BCUT2D eigenvalue weighted by Crippen LogP contribution is 2.45. The van der Waals surface area contributed by atoms with Crippen LogP contribution in [0.3, 0.4) is 0 Å². The predicted molar refractivity (Wildman–Crippen MR) is 133 cm³/mol. The number of carbonyl (C=O) groups is 2. The first-order valence-electron chi connectivity index (χ1n) is 13.5. The van der Waals surface area contributed by atoms with E-state index in [0.29, 0.717) is 56.9 Å². The molecule has 3 amide bonds. The lowest BCUT2D eigenvalue weighted by Crippen LogP contribution is -2.57. The van der Waals surface area contributed by atoms with Gasteiger partial charge in [-0.15, -0.1) is 0 Å². The zero-order chi connectivity index (χ0) is 24.9. The summed E-state index contributed by atoms with van der Waals surface area (Å²) in [4.78, 5) is 33.0. The van der Waals surface area contributed by atoms with Gasteiger partial charge in [0.05, 0.1) is 19.1 Å². The second kappa shape index (κ2) is 12.2. The van der Waals surface area contributed by atoms with Gasteiger partial charge in [0.25, 0.3) is 0 Å². The first-order valence-corrected chi connectivity index (χ1v) is 13.5. The first-order chi connectivity index (χ1) is 16.2. The lowest BCUT2D eigenvalue weighted by Gasteiger charge is -2.49. The summed E-state index contributed by atoms with van der Waals surface area (Å²) in [5.74, 6) is -0.312. The number of unbranched alkanes of at least 4 members (excludes halogenated alkanes) is 1. The highest BCUT2D eigenvalue weighted by molar-refractivity contribution is 5.95. The van der Waals surface area contributed by atoms with E-state index < -0.39 is 5.79 Å². The summed E-state index contributed by atoms with van der Waals surface area (Å²) in [6.07, 6.45) is 5.36. The quantitative estimate of drug-likeness (QED) is 0.546. The van der Waals surface area contributed by atoms with Gasteiger partial charge in [-0.25, -0.2) is 4.79 Å². The zero-order valence-corrected chi connectivity index (χ0v) is 22.3. The maximum Gasteiger partial charge on any atom is 0.324 e. The van der Waals surface area contributed by atoms with E-state index in [9.17, 15) is 9.59 Å². The molecule has 0 bridgehead atoms. The van der Waals surface area contributed by atoms with Crippen LogP contribution in [0.4, 0.5) is 4.79 Å². The van der Waals surface area contributed by atoms with Crippen LogP contribution in [-0.4, -0.2) is 97.0 Å². The lowest BCUT2D eigenvalue weighted by atomic mass is 9.72. The number of nitrogens with one attached hydrogen (secondary N) is 1. The van der Waals surface area contributed by atoms with E-state index in [1.165, 1.54) is 4.90 Å². The number of hydrogen-bond donors (Lipinski definition) is 1. The summed E-state index contributed by atoms with van der Waals surface area (Å²) in [6, 6.07) is 1.02. The van der Waals surface area contributed by atoms with Crippen molar-refractivity contribution in [2.24, 2.45) is 11.8 Å². The van der Waals surface area contributed by atoms with Crippen LogP contribution in [0.1, 0.15) is 73.1 Å². The summed E-state index contributed by atoms with van der Waals surface area (Å²) in [5.41, 5.74) is 0. The van der Waals surface area contributed by atoms with Crippen molar-refractivity contribution in [2.75, 3.05) is 46.4 Å². The number of likely N-dealkylation sites (tertiary alicyclic amines) is 1. The van der Waals surface area contributed by atoms with Gasteiger partial charge in [-0.05, 0) is 59.9 Å². The molecule has 3 aliphatic rings. The third-order valence-corrected chi connectivity index (χ3v) is 7.98. The number of hydrogen-bond acceptors (Lipinski definition) is 6. The molecular formula is C26H48N4O4. The molecule has 2 saturated heterocycles.